The summed E-state index contributed by atoms with van der Waals surface area (Å²) in [5, 5.41) is 9.57. The van der Waals surface area contributed by atoms with E-state index in [1.807, 2.05) is 0 Å². The Morgan fingerprint density at radius 3 is 2.62 bits per heavy atom. The molecule has 1 atom stereocenters. The van der Waals surface area contributed by atoms with Gasteiger partial charge in [-0.15, -0.1) is 10.1 Å². The molecule has 0 bridgehead atoms. The van der Waals surface area contributed by atoms with E-state index in [9.17, 15) is 19.7 Å². The Hall–Kier alpha value is -2.65. The minimum absolute atomic E-state index is 0.0986. The fourth-order valence-corrected chi connectivity index (χ4v) is 2.11. The Labute approximate surface area is 118 Å². The van der Waals surface area contributed by atoms with E-state index >= 15 is 0 Å². The van der Waals surface area contributed by atoms with Crippen molar-refractivity contribution < 1.29 is 9.92 Å². The van der Waals surface area contributed by atoms with Crippen LogP contribution < -0.4 is 11.2 Å². The zero-order valence-corrected chi connectivity index (χ0v) is 11.8. The minimum Gasteiger partial charge on any atom is -0.322 e. The Morgan fingerprint density at radius 1 is 1.38 bits per heavy atom. The maximum Gasteiger partial charge on any atom is 0.332 e. The number of aryl methyl sites for hydroxylation is 1. The predicted octanol–water partition coefficient (Wildman–Crippen LogP) is -0.579. The molecule has 0 N–H and O–H groups in total. The molecule has 0 aliphatic carbocycles. The van der Waals surface area contributed by atoms with Crippen LogP contribution in [0.25, 0.3) is 11.2 Å². The second-order valence-corrected chi connectivity index (χ2v) is 4.63. The van der Waals surface area contributed by atoms with Crippen LogP contribution in [-0.4, -0.2) is 29.9 Å². The van der Waals surface area contributed by atoms with Gasteiger partial charge in [-0.25, -0.2) is 9.78 Å². The van der Waals surface area contributed by atoms with Crippen molar-refractivity contribution in [2.45, 2.75) is 26.0 Å². The number of aromatic nitrogens is 4. The van der Waals surface area contributed by atoms with Crippen LogP contribution in [-0.2, 0) is 25.5 Å². The number of imidazole rings is 1. The maximum atomic E-state index is 12.2. The standard InChI is InChI=1S/C11H15N5O5/c1-4-7(21-16(19)20)5-15-6-12-9-8(15)10(17)14(3)11(18)13(9)2/h6-7H,4-5H2,1-3H3. The third-order valence-corrected chi connectivity index (χ3v) is 3.31. The Morgan fingerprint density at radius 2 is 2.05 bits per heavy atom. The van der Waals surface area contributed by atoms with Gasteiger partial charge < -0.3 is 9.40 Å². The molecule has 2 heterocycles. The van der Waals surface area contributed by atoms with Gasteiger partial charge in [0.1, 0.15) is 6.10 Å². The largest absolute Gasteiger partial charge is 0.332 e. The van der Waals surface area contributed by atoms with Crippen molar-refractivity contribution in [2.24, 2.45) is 14.1 Å². The van der Waals surface area contributed by atoms with E-state index in [2.05, 4.69) is 9.82 Å². The van der Waals surface area contributed by atoms with Gasteiger partial charge in [0.2, 0.25) is 0 Å². The smallest absolute Gasteiger partial charge is 0.322 e. The van der Waals surface area contributed by atoms with Gasteiger partial charge in [-0.2, -0.15) is 0 Å². The fraction of sp³-hybridized carbons (Fsp3) is 0.545. The van der Waals surface area contributed by atoms with Gasteiger partial charge in [0.05, 0.1) is 12.9 Å². The molecule has 2 aromatic rings. The predicted molar refractivity (Wildman–Crippen MR) is 72.4 cm³/mol. The summed E-state index contributed by atoms with van der Waals surface area (Å²) in [5.41, 5.74) is -0.531. The second kappa shape index (κ2) is 5.38. The van der Waals surface area contributed by atoms with Gasteiger partial charge in [0, 0.05) is 14.1 Å². The van der Waals surface area contributed by atoms with Crippen molar-refractivity contribution >= 4 is 11.2 Å². The lowest BCUT2D eigenvalue weighted by atomic mass is 10.3. The first-order valence-electron chi connectivity index (χ1n) is 6.28. The average Bonchev–Trinajstić information content (AvgIpc) is 2.85. The van der Waals surface area contributed by atoms with E-state index < -0.39 is 22.4 Å². The number of hydrogen-bond donors (Lipinski definition) is 0. The topological polar surface area (TPSA) is 114 Å². The van der Waals surface area contributed by atoms with Crippen LogP contribution in [0.5, 0.6) is 0 Å². The molecule has 2 aromatic heterocycles. The molecular weight excluding hydrogens is 282 g/mol. The first-order chi connectivity index (χ1) is 9.86. The third-order valence-electron chi connectivity index (χ3n) is 3.31. The summed E-state index contributed by atoms with van der Waals surface area (Å²) >= 11 is 0. The highest BCUT2D eigenvalue weighted by Gasteiger charge is 2.18. The molecule has 0 aliphatic heterocycles. The van der Waals surface area contributed by atoms with Crippen LogP contribution in [0.3, 0.4) is 0 Å². The lowest BCUT2D eigenvalue weighted by Crippen LogP contribution is -2.38. The summed E-state index contributed by atoms with van der Waals surface area (Å²) in [7, 11) is 2.87. The monoisotopic (exact) mass is 297 g/mol. The number of nitrogens with zero attached hydrogens (tertiary/aromatic N) is 5. The fourth-order valence-electron chi connectivity index (χ4n) is 2.11. The molecule has 0 radical (unpaired) electrons. The van der Waals surface area contributed by atoms with Crippen LogP contribution >= 0.6 is 0 Å². The molecular formula is C11H15N5O5. The van der Waals surface area contributed by atoms with E-state index in [-0.39, 0.29) is 17.7 Å². The lowest BCUT2D eigenvalue weighted by Gasteiger charge is -2.13. The maximum absolute atomic E-state index is 12.2. The van der Waals surface area contributed by atoms with Gasteiger partial charge in [0.25, 0.3) is 10.6 Å². The minimum atomic E-state index is -0.860. The molecule has 2 rings (SSSR count). The van der Waals surface area contributed by atoms with Crippen molar-refractivity contribution in [1.82, 2.24) is 18.7 Å². The van der Waals surface area contributed by atoms with Crippen molar-refractivity contribution in [3.8, 4) is 0 Å². The molecule has 0 saturated heterocycles. The normalized spacial score (nSPS) is 12.5. The Balaban J connectivity index is 2.54. The summed E-state index contributed by atoms with van der Waals surface area (Å²) in [6, 6.07) is 0. The van der Waals surface area contributed by atoms with Crippen molar-refractivity contribution in [3.63, 3.8) is 0 Å². The molecule has 0 amide bonds. The average molecular weight is 297 g/mol. The molecule has 0 spiro atoms. The molecule has 0 aliphatic rings. The molecule has 0 saturated carbocycles. The highest BCUT2D eigenvalue weighted by Crippen LogP contribution is 2.09. The van der Waals surface area contributed by atoms with Crippen LogP contribution in [0.2, 0.25) is 0 Å². The van der Waals surface area contributed by atoms with Crippen molar-refractivity contribution in [2.75, 3.05) is 0 Å². The first-order valence-corrected chi connectivity index (χ1v) is 6.28. The molecule has 10 heteroatoms. The summed E-state index contributed by atoms with van der Waals surface area (Å²) in [6.07, 6.45) is 1.07. The van der Waals surface area contributed by atoms with Gasteiger partial charge in [0.15, 0.2) is 11.2 Å². The van der Waals surface area contributed by atoms with Crippen LogP contribution in [0.15, 0.2) is 15.9 Å². The highest BCUT2D eigenvalue weighted by atomic mass is 17.0. The molecule has 1 unspecified atom stereocenters. The van der Waals surface area contributed by atoms with Crippen LogP contribution in [0.4, 0.5) is 0 Å². The zero-order chi connectivity index (χ0) is 15.7. The van der Waals surface area contributed by atoms with E-state index in [1.165, 1.54) is 29.6 Å². The van der Waals surface area contributed by atoms with Gasteiger partial charge in [-0.3, -0.25) is 13.9 Å². The van der Waals surface area contributed by atoms with E-state index in [4.69, 9.17) is 0 Å². The molecule has 0 aromatic carbocycles. The zero-order valence-electron chi connectivity index (χ0n) is 11.8. The molecule has 21 heavy (non-hydrogen) atoms. The van der Waals surface area contributed by atoms with Crippen LogP contribution in [0.1, 0.15) is 13.3 Å². The number of rotatable bonds is 5. The van der Waals surface area contributed by atoms with Crippen LogP contribution in [0, 0.1) is 10.1 Å². The molecule has 10 nitrogen and oxygen atoms in total. The quantitative estimate of drug-likeness (QED) is 0.539. The summed E-state index contributed by atoms with van der Waals surface area (Å²) < 4.78 is 3.69. The van der Waals surface area contributed by atoms with E-state index in [0.717, 1.165) is 4.57 Å². The van der Waals surface area contributed by atoms with Gasteiger partial charge in [-0.05, 0) is 6.42 Å². The summed E-state index contributed by atoms with van der Waals surface area (Å²) in [4.78, 5) is 43.0. The summed E-state index contributed by atoms with van der Waals surface area (Å²) in [6.45, 7) is 1.84. The molecule has 0 fully saturated rings. The number of fused-ring (bicyclic) bond motifs is 1. The van der Waals surface area contributed by atoms with E-state index in [1.54, 1.807) is 6.92 Å². The lowest BCUT2D eigenvalue weighted by molar-refractivity contribution is -0.769. The van der Waals surface area contributed by atoms with Crippen molar-refractivity contribution in [1.29, 1.82) is 0 Å². The van der Waals surface area contributed by atoms with Crippen molar-refractivity contribution in [3.05, 3.63) is 37.3 Å². The Bertz CT molecular complexity index is 802. The second-order valence-electron chi connectivity index (χ2n) is 4.63. The van der Waals surface area contributed by atoms with Gasteiger partial charge >= 0.3 is 5.69 Å². The molecule has 114 valence electrons. The summed E-state index contributed by atoms with van der Waals surface area (Å²) in [5.74, 6) is 0. The first kappa shape index (κ1) is 14.8. The Kier molecular flexibility index (Phi) is 3.78. The highest BCUT2D eigenvalue weighted by molar-refractivity contribution is 5.69. The SMILES string of the molecule is CCC(Cn1cnc2c1c(=O)n(C)c(=O)n2C)O[N+](=O)[O-]. The third kappa shape index (κ3) is 2.51. The number of hydrogen-bond acceptors (Lipinski definition) is 6. The van der Waals surface area contributed by atoms with E-state index in [0.29, 0.717) is 6.42 Å². The van der Waals surface area contributed by atoms with Gasteiger partial charge in [-0.1, -0.05) is 6.92 Å².